The molecule has 156 valence electrons. The van der Waals surface area contributed by atoms with Crippen molar-refractivity contribution in [2.75, 3.05) is 25.0 Å². The first-order chi connectivity index (χ1) is 13.6. The molecule has 1 saturated heterocycles. The number of alkyl halides is 3. The Morgan fingerprint density at radius 2 is 2.10 bits per heavy atom. The van der Waals surface area contributed by atoms with E-state index < -0.39 is 12.1 Å². The monoisotopic (exact) mass is 429 g/mol. The van der Waals surface area contributed by atoms with Gasteiger partial charge in [-0.15, -0.1) is 11.3 Å². The highest BCUT2D eigenvalue weighted by Crippen LogP contribution is 2.34. The molecule has 2 aromatic rings. The molecule has 1 fully saturated rings. The van der Waals surface area contributed by atoms with Gasteiger partial charge >= 0.3 is 12.1 Å². The Morgan fingerprint density at radius 3 is 2.72 bits per heavy atom. The van der Waals surface area contributed by atoms with Crippen LogP contribution in [0.5, 0.6) is 0 Å². The van der Waals surface area contributed by atoms with Gasteiger partial charge in [0.2, 0.25) is 5.91 Å². The van der Waals surface area contributed by atoms with Crippen LogP contribution in [0.1, 0.15) is 21.6 Å². The van der Waals surface area contributed by atoms with E-state index in [1.807, 2.05) is 12.1 Å². The summed E-state index contributed by atoms with van der Waals surface area (Å²) in [6, 6.07) is 6.06. The maximum absolute atomic E-state index is 11.5. The SMILES string of the molecule is Cc1sc(C2CNCCO2)nc1-c1ccc2c(c1)CC(=O)N2.O=C(O)C(F)(F)F. The predicted molar refractivity (Wildman–Crippen MR) is 99.9 cm³/mol. The van der Waals surface area contributed by atoms with Crippen molar-refractivity contribution in [2.45, 2.75) is 25.6 Å². The number of ether oxygens (including phenoxy) is 1. The standard InChI is InChI=1S/C16H17N3O2S.C2HF3O2/c1-9-15(19-16(22-9)13-8-17-4-5-21-13)10-2-3-12-11(6-10)7-14(20)18-12;3-2(4,5)1(6)7/h2-3,6,13,17H,4-5,7-8H2,1H3,(H,18,20);(H,6,7). The third-order valence-corrected chi connectivity index (χ3v) is 5.33. The molecule has 1 aromatic heterocycles. The zero-order valence-electron chi connectivity index (χ0n) is 15.3. The normalized spacial score (nSPS) is 18.5. The number of nitrogens with one attached hydrogen (secondary N) is 2. The predicted octanol–water partition coefficient (Wildman–Crippen LogP) is 2.91. The number of aliphatic carboxylic acids is 1. The first-order valence-electron chi connectivity index (χ1n) is 8.68. The lowest BCUT2D eigenvalue weighted by Crippen LogP contribution is -2.33. The summed E-state index contributed by atoms with van der Waals surface area (Å²) in [5, 5.41) is 14.3. The molecule has 0 radical (unpaired) electrons. The molecule has 2 aliphatic heterocycles. The number of carbonyl (C=O) groups excluding carboxylic acids is 1. The largest absolute Gasteiger partial charge is 0.490 e. The Bertz CT molecular complexity index is 924. The number of benzene rings is 1. The molecule has 3 N–H and O–H groups in total. The zero-order chi connectivity index (χ0) is 21.2. The van der Waals surface area contributed by atoms with Gasteiger partial charge in [0.05, 0.1) is 18.7 Å². The van der Waals surface area contributed by atoms with Crippen LogP contribution in [0.2, 0.25) is 0 Å². The molecule has 1 aromatic carbocycles. The van der Waals surface area contributed by atoms with Gasteiger partial charge in [-0.05, 0) is 24.6 Å². The summed E-state index contributed by atoms with van der Waals surface area (Å²) in [5.41, 5.74) is 4.03. The first-order valence-corrected chi connectivity index (χ1v) is 9.49. The van der Waals surface area contributed by atoms with Gasteiger partial charge < -0.3 is 20.5 Å². The zero-order valence-corrected chi connectivity index (χ0v) is 16.1. The molecule has 7 nitrogen and oxygen atoms in total. The van der Waals surface area contributed by atoms with E-state index in [0.29, 0.717) is 6.42 Å². The van der Waals surface area contributed by atoms with Crippen molar-refractivity contribution in [1.29, 1.82) is 0 Å². The summed E-state index contributed by atoms with van der Waals surface area (Å²) >= 11 is 1.69. The van der Waals surface area contributed by atoms with Crippen LogP contribution in [-0.2, 0) is 20.7 Å². The van der Waals surface area contributed by atoms with Crippen LogP contribution >= 0.6 is 11.3 Å². The fourth-order valence-corrected chi connectivity index (χ4v) is 3.92. The number of fused-ring (bicyclic) bond motifs is 1. The van der Waals surface area contributed by atoms with Crippen molar-refractivity contribution in [3.8, 4) is 11.3 Å². The molecule has 2 aliphatic rings. The molecule has 11 heteroatoms. The lowest BCUT2D eigenvalue weighted by atomic mass is 10.1. The number of anilines is 1. The lowest BCUT2D eigenvalue weighted by Gasteiger charge is -2.21. The van der Waals surface area contributed by atoms with E-state index in [2.05, 4.69) is 23.6 Å². The van der Waals surface area contributed by atoms with Crippen molar-refractivity contribution in [3.05, 3.63) is 33.6 Å². The lowest BCUT2D eigenvalue weighted by molar-refractivity contribution is -0.192. The fourth-order valence-electron chi connectivity index (χ4n) is 2.92. The van der Waals surface area contributed by atoms with Crippen LogP contribution in [0.25, 0.3) is 11.3 Å². The Morgan fingerprint density at radius 1 is 1.38 bits per heavy atom. The number of nitrogens with zero attached hydrogens (tertiary/aromatic N) is 1. The van der Waals surface area contributed by atoms with Crippen molar-refractivity contribution < 1.29 is 32.6 Å². The van der Waals surface area contributed by atoms with E-state index in [9.17, 15) is 18.0 Å². The summed E-state index contributed by atoms with van der Waals surface area (Å²) in [7, 11) is 0. The van der Waals surface area contributed by atoms with Crippen LogP contribution < -0.4 is 10.6 Å². The molecule has 29 heavy (non-hydrogen) atoms. The van der Waals surface area contributed by atoms with Crippen LogP contribution in [0.15, 0.2) is 18.2 Å². The summed E-state index contributed by atoms with van der Waals surface area (Å²) in [5.74, 6) is -2.70. The van der Waals surface area contributed by atoms with Gasteiger partial charge in [-0.2, -0.15) is 13.2 Å². The summed E-state index contributed by atoms with van der Waals surface area (Å²) in [6.07, 6.45) is -4.58. The smallest absolute Gasteiger partial charge is 0.475 e. The maximum Gasteiger partial charge on any atom is 0.490 e. The number of amides is 1. The van der Waals surface area contributed by atoms with E-state index in [0.717, 1.165) is 47.2 Å². The minimum absolute atomic E-state index is 0.0453. The quantitative estimate of drug-likeness (QED) is 0.679. The molecule has 4 rings (SSSR count). The van der Waals surface area contributed by atoms with Gasteiger partial charge in [0.15, 0.2) is 0 Å². The number of aromatic nitrogens is 1. The van der Waals surface area contributed by atoms with Crippen LogP contribution in [0, 0.1) is 6.92 Å². The molecule has 1 atom stereocenters. The molecule has 1 unspecified atom stereocenters. The van der Waals surface area contributed by atoms with Gasteiger partial charge in [0.25, 0.3) is 0 Å². The number of halogens is 3. The van der Waals surface area contributed by atoms with E-state index in [1.165, 1.54) is 4.88 Å². The van der Waals surface area contributed by atoms with Crippen LogP contribution in [0.3, 0.4) is 0 Å². The minimum Gasteiger partial charge on any atom is -0.475 e. The van der Waals surface area contributed by atoms with Gasteiger partial charge in [0.1, 0.15) is 11.1 Å². The maximum atomic E-state index is 11.5. The molecular weight excluding hydrogens is 411 g/mol. The number of rotatable bonds is 2. The third kappa shape index (κ3) is 5.11. The highest BCUT2D eigenvalue weighted by molar-refractivity contribution is 7.12. The highest BCUT2D eigenvalue weighted by Gasteiger charge is 2.38. The number of carboxylic acid groups (broad SMARTS) is 1. The Labute approximate surface area is 167 Å². The first kappa shape index (κ1) is 21.2. The molecule has 0 bridgehead atoms. The summed E-state index contributed by atoms with van der Waals surface area (Å²) < 4.78 is 37.5. The molecule has 0 spiro atoms. The number of hydrogen-bond donors (Lipinski definition) is 3. The molecule has 1 amide bonds. The number of aryl methyl sites for hydroxylation is 1. The molecule has 0 saturated carbocycles. The summed E-state index contributed by atoms with van der Waals surface area (Å²) in [4.78, 5) is 26.4. The Hall–Kier alpha value is -2.50. The number of hydrogen-bond acceptors (Lipinski definition) is 6. The van der Waals surface area contributed by atoms with Gasteiger partial charge in [0, 0.05) is 29.2 Å². The van der Waals surface area contributed by atoms with E-state index in [-0.39, 0.29) is 12.0 Å². The molecular formula is C18H18F3N3O4S. The fraction of sp³-hybridized carbons (Fsp3) is 0.389. The van der Waals surface area contributed by atoms with Crippen molar-refractivity contribution in [3.63, 3.8) is 0 Å². The second-order valence-electron chi connectivity index (χ2n) is 6.42. The number of carbonyl (C=O) groups is 2. The Kier molecular flexibility index (Phi) is 6.20. The van der Waals surface area contributed by atoms with E-state index >= 15 is 0 Å². The highest BCUT2D eigenvalue weighted by atomic mass is 32.1. The van der Waals surface area contributed by atoms with E-state index in [1.54, 1.807) is 11.3 Å². The van der Waals surface area contributed by atoms with Crippen molar-refractivity contribution >= 4 is 28.9 Å². The average Bonchev–Trinajstić information content (AvgIpc) is 3.23. The van der Waals surface area contributed by atoms with Crippen LogP contribution in [-0.4, -0.2) is 47.8 Å². The van der Waals surface area contributed by atoms with Crippen molar-refractivity contribution in [2.24, 2.45) is 0 Å². The van der Waals surface area contributed by atoms with Gasteiger partial charge in [-0.1, -0.05) is 6.07 Å². The minimum atomic E-state index is -5.08. The number of carboxylic acids is 1. The summed E-state index contributed by atoms with van der Waals surface area (Å²) in [6.45, 7) is 4.53. The van der Waals surface area contributed by atoms with Crippen molar-refractivity contribution in [1.82, 2.24) is 10.3 Å². The van der Waals surface area contributed by atoms with Crippen LogP contribution in [0.4, 0.5) is 18.9 Å². The second kappa shape index (κ2) is 8.47. The van der Waals surface area contributed by atoms with Gasteiger partial charge in [-0.3, -0.25) is 4.79 Å². The van der Waals surface area contributed by atoms with E-state index in [4.69, 9.17) is 19.6 Å². The average molecular weight is 429 g/mol. The topological polar surface area (TPSA) is 101 Å². The number of thiazole rings is 1. The molecule has 0 aliphatic carbocycles. The third-order valence-electron chi connectivity index (χ3n) is 4.26. The Balaban J connectivity index is 0.000000298. The number of morpholine rings is 1. The van der Waals surface area contributed by atoms with Gasteiger partial charge in [-0.25, -0.2) is 9.78 Å². The second-order valence-corrected chi connectivity index (χ2v) is 7.66. The molecule has 3 heterocycles.